The van der Waals surface area contributed by atoms with Crippen LogP contribution in [0, 0.1) is 23.7 Å². The zero-order valence-electron chi connectivity index (χ0n) is 26.7. The maximum atomic E-state index is 14.0. The number of hydrogen-bond acceptors (Lipinski definition) is 10. The first kappa shape index (κ1) is 32.5. The third-order valence-electron chi connectivity index (χ3n) is 10.9. The predicted octanol–water partition coefficient (Wildman–Crippen LogP) is 3.69. The molecule has 45 heavy (non-hydrogen) atoms. The van der Waals surface area contributed by atoms with E-state index in [9.17, 15) is 19.8 Å². The number of anilines is 1. The summed E-state index contributed by atoms with van der Waals surface area (Å²) in [5.74, 6) is -1.27. The molecule has 1 aromatic carbocycles. The van der Waals surface area contributed by atoms with Crippen molar-refractivity contribution in [1.82, 2.24) is 10.2 Å². The Bertz CT molecular complexity index is 1390. The zero-order chi connectivity index (χ0) is 32.3. The van der Waals surface area contributed by atoms with Gasteiger partial charge >= 0.3 is 11.9 Å². The van der Waals surface area contributed by atoms with Gasteiger partial charge in [-0.3, -0.25) is 29.7 Å². The van der Waals surface area contributed by atoms with Crippen LogP contribution >= 0.6 is 11.6 Å². The molecule has 5 aliphatic rings. The van der Waals surface area contributed by atoms with Crippen LogP contribution in [0.2, 0.25) is 5.02 Å². The molecule has 3 N–H and O–H groups in total. The second-order valence-electron chi connectivity index (χ2n) is 13.8. The average molecular weight is 644 g/mol. The monoisotopic (exact) mass is 643 g/mol. The van der Waals surface area contributed by atoms with Gasteiger partial charge in [0.15, 0.2) is 18.4 Å². The molecule has 0 radical (unpaired) electrons. The van der Waals surface area contributed by atoms with Crippen molar-refractivity contribution in [3.63, 3.8) is 0 Å². The van der Waals surface area contributed by atoms with Gasteiger partial charge < -0.3 is 19.7 Å². The number of benzene rings is 1. The quantitative estimate of drug-likeness (QED) is 0.313. The maximum absolute atomic E-state index is 14.0. The van der Waals surface area contributed by atoms with Crippen LogP contribution in [-0.2, 0) is 29.5 Å². The van der Waals surface area contributed by atoms with Crippen molar-refractivity contribution in [1.29, 1.82) is 0 Å². The molecule has 0 bridgehead atoms. The molecule has 0 spiro atoms. The molecule has 2 aliphatic carbocycles. The smallest absolute Gasteiger partial charge is 0.323 e. The number of hydrogen-bond donors (Lipinski definition) is 3. The molecular weight excluding hydrogens is 598 g/mol. The molecular formula is C34H46ClN3O7. The van der Waals surface area contributed by atoms with E-state index in [-0.39, 0.29) is 30.1 Å². The predicted molar refractivity (Wildman–Crippen MR) is 169 cm³/mol. The van der Waals surface area contributed by atoms with Gasteiger partial charge in [-0.1, -0.05) is 55.8 Å². The van der Waals surface area contributed by atoms with Crippen molar-refractivity contribution < 1.29 is 34.1 Å². The highest BCUT2D eigenvalue weighted by molar-refractivity contribution is 6.33. The number of rotatable bonds is 6. The lowest BCUT2D eigenvalue weighted by Gasteiger charge is -2.56. The van der Waals surface area contributed by atoms with Gasteiger partial charge in [0.1, 0.15) is 17.2 Å². The lowest BCUT2D eigenvalue weighted by molar-refractivity contribution is -0.225. The summed E-state index contributed by atoms with van der Waals surface area (Å²) < 4.78 is 12.0. The molecule has 10 nitrogen and oxygen atoms in total. The molecule has 0 aromatic heterocycles. The second kappa shape index (κ2) is 12.3. The van der Waals surface area contributed by atoms with Crippen molar-refractivity contribution >= 4 is 29.2 Å². The Labute approximate surface area is 270 Å². The van der Waals surface area contributed by atoms with E-state index in [2.05, 4.69) is 35.4 Å². The van der Waals surface area contributed by atoms with E-state index in [1.54, 1.807) is 25.2 Å². The van der Waals surface area contributed by atoms with E-state index in [1.165, 1.54) is 12.0 Å². The number of fused-ring (bicyclic) bond motifs is 4. The molecule has 0 amide bonds. The Hall–Kier alpha value is -2.47. The zero-order valence-corrected chi connectivity index (χ0v) is 27.5. The average Bonchev–Trinajstić information content (AvgIpc) is 3.34. The van der Waals surface area contributed by atoms with Crippen molar-refractivity contribution in [3.05, 3.63) is 52.6 Å². The molecule has 1 unspecified atom stereocenters. The van der Waals surface area contributed by atoms with Crippen LogP contribution in [0.15, 0.2) is 42.0 Å². The highest BCUT2D eigenvalue weighted by atomic mass is 35.5. The van der Waals surface area contributed by atoms with E-state index in [0.717, 1.165) is 44.5 Å². The summed E-state index contributed by atoms with van der Waals surface area (Å²) >= 11 is 6.45. The van der Waals surface area contributed by atoms with Gasteiger partial charge in [0, 0.05) is 51.5 Å². The van der Waals surface area contributed by atoms with Crippen molar-refractivity contribution in [2.45, 2.75) is 89.1 Å². The molecule has 6 rings (SSSR count). The molecule has 1 saturated carbocycles. The molecule has 2 fully saturated rings. The highest BCUT2D eigenvalue weighted by Crippen LogP contribution is 2.53. The Morgan fingerprint density at radius 2 is 2.00 bits per heavy atom. The molecule has 1 aromatic rings. The van der Waals surface area contributed by atoms with E-state index in [1.807, 2.05) is 13.8 Å². The summed E-state index contributed by atoms with van der Waals surface area (Å²) in [5, 5.41) is 29.6. The fourth-order valence-electron chi connectivity index (χ4n) is 8.56. The number of aliphatic hydroxyl groups is 2. The van der Waals surface area contributed by atoms with Gasteiger partial charge in [-0.2, -0.15) is 0 Å². The number of carbonyl (C=O) groups excluding carboxylic acids is 2. The first-order valence-corrected chi connectivity index (χ1v) is 16.6. The third-order valence-corrected chi connectivity index (χ3v) is 11.2. The Morgan fingerprint density at radius 3 is 2.71 bits per heavy atom. The van der Waals surface area contributed by atoms with E-state index in [0.29, 0.717) is 16.3 Å². The Morgan fingerprint density at radius 1 is 1.22 bits per heavy atom. The lowest BCUT2D eigenvalue weighted by atomic mass is 9.55. The number of carbonyl (C=O) groups is 2. The van der Waals surface area contributed by atoms with Crippen LogP contribution in [0.1, 0.15) is 58.9 Å². The minimum absolute atomic E-state index is 0.0290. The van der Waals surface area contributed by atoms with Crippen LogP contribution in [0.4, 0.5) is 5.69 Å². The number of hydroxylamine groups is 1. The van der Waals surface area contributed by atoms with E-state index >= 15 is 0 Å². The molecule has 246 valence electrons. The minimum Gasteiger partial charge on any atom is -0.454 e. The SMILES string of the molecule is CC(=O)O[C@@H]1C(C)=C[C@@H]2[C@H](C(C)CN3CC=CCC3)CC[C@@H](C)[C@]2(O)[C@H]1OC(=O)[C@@H]1C[C@@]2(O)c3cccc(Cl)c3N(C)O[C@H]2N1. The normalized spacial score (nSPS) is 38.4. The van der Waals surface area contributed by atoms with Crippen LogP contribution in [-0.4, -0.2) is 83.8 Å². The number of para-hydroxylation sites is 1. The molecule has 11 heteroatoms. The largest absolute Gasteiger partial charge is 0.454 e. The highest BCUT2D eigenvalue weighted by Gasteiger charge is 2.62. The fourth-order valence-corrected chi connectivity index (χ4v) is 8.85. The molecule has 1 saturated heterocycles. The molecule has 3 heterocycles. The van der Waals surface area contributed by atoms with Crippen LogP contribution in [0.25, 0.3) is 0 Å². The van der Waals surface area contributed by atoms with Crippen LogP contribution in [0.3, 0.4) is 0 Å². The maximum Gasteiger partial charge on any atom is 0.323 e. The molecule has 10 atom stereocenters. The lowest BCUT2D eigenvalue weighted by Crippen LogP contribution is -2.66. The second-order valence-corrected chi connectivity index (χ2v) is 14.2. The number of nitrogens with zero attached hydrogens (tertiary/aromatic N) is 2. The Kier molecular flexibility index (Phi) is 8.86. The van der Waals surface area contributed by atoms with Crippen molar-refractivity contribution in [3.8, 4) is 0 Å². The van der Waals surface area contributed by atoms with Gasteiger partial charge in [-0.25, -0.2) is 0 Å². The number of halogens is 1. The molecule has 3 aliphatic heterocycles. The van der Waals surface area contributed by atoms with Crippen molar-refractivity contribution in [2.24, 2.45) is 23.7 Å². The van der Waals surface area contributed by atoms with Crippen LogP contribution in [0.5, 0.6) is 0 Å². The van der Waals surface area contributed by atoms with Crippen molar-refractivity contribution in [2.75, 3.05) is 31.7 Å². The van der Waals surface area contributed by atoms with Gasteiger partial charge in [-0.05, 0) is 55.6 Å². The topological polar surface area (TPSA) is 121 Å². The van der Waals surface area contributed by atoms with Gasteiger partial charge in [-0.15, -0.1) is 0 Å². The van der Waals surface area contributed by atoms with Gasteiger partial charge in [0.05, 0.1) is 10.7 Å². The van der Waals surface area contributed by atoms with E-state index in [4.69, 9.17) is 25.9 Å². The first-order chi connectivity index (χ1) is 21.3. The van der Waals surface area contributed by atoms with Gasteiger partial charge in [0.2, 0.25) is 0 Å². The number of esters is 2. The van der Waals surface area contributed by atoms with Gasteiger partial charge in [0.25, 0.3) is 0 Å². The summed E-state index contributed by atoms with van der Waals surface area (Å²) in [6.07, 6.45) is 6.18. The van der Waals surface area contributed by atoms with Crippen LogP contribution < -0.4 is 10.4 Å². The summed E-state index contributed by atoms with van der Waals surface area (Å²) in [6, 6.07) is 4.28. The number of ether oxygens (including phenoxy) is 2. The van der Waals surface area contributed by atoms with E-state index < -0.39 is 47.6 Å². The summed E-state index contributed by atoms with van der Waals surface area (Å²) in [5.41, 5.74) is -1.18. The Balaban J connectivity index is 1.28. The summed E-state index contributed by atoms with van der Waals surface area (Å²) in [4.78, 5) is 34.7. The standard InChI is InChI=1S/C34H46ClN3O7/c1-19-16-25-23(20(2)18-38-14-7-6-8-15-38)13-12-21(3)34(25,42)30(29(19)43-22(4)39)44-31(40)27-17-33(41)24-10-9-11-26(35)28(24)37(5)45-32(33)36-27/h6-7,9-11,16,20-21,23,25,27,29-30,32,36,41-42H,8,12-15,17-18H2,1-5H3/t20?,21-,23+,25-,27+,29-,30+,32-,33-,34-/m1/s1. The summed E-state index contributed by atoms with van der Waals surface area (Å²) in [7, 11) is 1.69. The number of nitrogens with one attached hydrogen (secondary N) is 1. The first-order valence-electron chi connectivity index (χ1n) is 16.2. The third kappa shape index (κ3) is 5.61. The fraction of sp³-hybridized carbons (Fsp3) is 0.647. The summed E-state index contributed by atoms with van der Waals surface area (Å²) in [6.45, 7) is 10.3. The minimum atomic E-state index is -1.55.